The smallest absolute Gasteiger partial charge is 0.229 e. The molecular weight excluding hydrogens is 360 g/mol. The Morgan fingerprint density at radius 1 is 0.926 bits per heavy atom. The van der Waals surface area contributed by atoms with Crippen LogP contribution < -0.4 is 15.4 Å². The number of benzene rings is 2. The molecule has 3 aromatic rings. The van der Waals surface area contributed by atoms with Crippen molar-refractivity contribution in [1.29, 1.82) is 0 Å². The normalized spacial score (nSPS) is 11.1. The van der Waals surface area contributed by atoms with Gasteiger partial charge in [0, 0.05) is 17.6 Å². The van der Waals surface area contributed by atoms with Crippen LogP contribution in [-0.4, -0.2) is 17.1 Å². The monoisotopic (exact) mass is 382 g/mol. The molecule has 27 heavy (non-hydrogen) atoms. The zero-order valence-electron chi connectivity index (χ0n) is 15.9. The number of ether oxygens (including phenoxy) is 1. The van der Waals surface area contributed by atoms with E-state index in [9.17, 15) is 0 Å². The van der Waals surface area contributed by atoms with Gasteiger partial charge in [-0.2, -0.15) is 4.98 Å². The van der Waals surface area contributed by atoms with Crippen LogP contribution in [0.4, 0.5) is 23.1 Å². The Morgan fingerprint density at radius 3 is 2.26 bits per heavy atom. The highest BCUT2D eigenvalue weighted by molar-refractivity contribution is 6.32. The molecule has 0 radical (unpaired) electrons. The molecule has 0 bridgehead atoms. The molecule has 2 aromatic carbocycles. The van der Waals surface area contributed by atoms with E-state index in [2.05, 4.69) is 65.6 Å². The minimum absolute atomic E-state index is 0.129. The van der Waals surface area contributed by atoms with E-state index in [-0.39, 0.29) is 5.41 Å². The summed E-state index contributed by atoms with van der Waals surface area (Å²) in [5, 5.41) is 6.97. The molecule has 5 nitrogen and oxygen atoms in total. The zero-order chi connectivity index (χ0) is 19.4. The number of nitrogens with zero attached hydrogens (tertiary/aromatic N) is 2. The lowest BCUT2D eigenvalue weighted by atomic mass is 9.87. The van der Waals surface area contributed by atoms with Gasteiger partial charge in [-0.15, -0.1) is 0 Å². The maximum absolute atomic E-state index is 6.16. The molecule has 3 rings (SSSR count). The molecule has 0 atom stereocenters. The van der Waals surface area contributed by atoms with Gasteiger partial charge >= 0.3 is 0 Å². The summed E-state index contributed by atoms with van der Waals surface area (Å²) in [5.41, 5.74) is 3.17. The lowest BCUT2D eigenvalue weighted by molar-refractivity contribution is 0.415. The van der Waals surface area contributed by atoms with E-state index in [0.717, 1.165) is 11.4 Å². The van der Waals surface area contributed by atoms with Crippen LogP contribution in [0.2, 0.25) is 5.02 Å². The van der Waals surface area contributed by atoms with Crippen molar-refractivity contribution in [2.24, 2.45) is 0 Å². The average molecular weight is 383 g/mol. The minimum Gasteiger partial charge on any atom is -0.495 e. The maximum Gasteiger partial charge on any atom is 0.229 e. The van der Waals surface area contributed by atoms with Gasteiger partial charge in [0.15, 0.2) is 0 Å². The van der Waals surface area contributed by atoms with Crippen molar-refractivity contribution >= 4 is 34.7 Å². The molecule has 2 N–H and O–H groups in total. The Labute approximate surface area is 164 Å². The largest absolute Gasteiger partial charge is 0.495 e. The fraction of sp³-hybridized carbons (Fsp3) is 0.238. The Kier molecular flexibility index (Phi) is 5.51. The first kappa shape index (κ1) is 19.0. The molecule has 0 fully saturated rings. The molecule has 0 aliphatic heterocycles. The quantitative estimate of drug-likeness (QED) is 0.573. The van der Waals surface area contributed by atoms with E-state index in [1.165, 1.54) is 5.56 Å². The molecule has 0 aliphatic carbocycles. The highest BCUT2D eigenvalue weighted by Gasteiger charge is 2.13. The van der Waals surface area contributed by atoms with Gasteiger partial charge in [0.25, 0.3) is 0 Å². The van der Waals surface area contributed by atoms with Crippen molar-refractivity contribution < 1.29 is 4.74 Å². The van der Waals surface area contributed by atoms with Crippen LogP contribution >= 0.6 is 11.6 Å². The lowest BCUT2D eigenvalue weighted by Crippen LogP contribution is -2.10. The van der Waals surface area contributed by atoms with Gasteiger partial charge in [0.05, 0.1) is 12.1 Å². The van der Waals surface area contributed by atoms with Crippen LogP contribution in [0.15, 0.2) is 54.7 Å². The average Bonchev–Trinajstić information content (AvgIpc) is 2.62. The lowest BCUT2D eigenvalue weighted by Gasteiger charge is -2.19. The van der Waals surface area contributed by atoms with E-state index < -0.39 is 0 Å². The first-order chi connectivity index (χ1) is 12.8. The standard InChI is InChI=1S/C21H23ClN4O/c1-21(2,3)14-5-7-15(8-6-14)24-19-11-12-23-20(26-19)25-16-9-10-18(27-4)17(22)13-16/h5-13H,1-4H3,(H2,23,24,25,26). The van der Waals surface area contributed by atoms with Gasteiger partial charge in [-0.3, -0.25) is 0 Å². The van der Waals surface area contributed by atoms with Gasteiger partial charge in [-0.05, 0) is 47.4 Å². The number of anilines is 4. The molecule has 0 spiro atoms. The number of aromatic nitrogens is 2. The molecule has 1 heterocycles. The van der Waals surface area contributed by atoms with E-state index in [1.54, 1.807) is 25.4 Å². The Balaban J connectivity index is 1.73. The van der Waals surface area contributed by atoms with E-state index >= 15 is 0 Å². The van der Waals surface area contributed by atoms with Crippen LogP contribution in [-0.2, 0) is 5.41 Å². The summed E-state index contributed by atoms with van der Waals surface area (Å²) in [6.45, 7) is 6.59. The third-order valence-electron chi connectivity index (χ3n) is 4.09. The van der Waals surface area contributed by atoms with E-state index in [4.69, 9.17) is 16.3 Å². The molecule has 0 aliphatic rings. The number of hydrogen-bond acceptors (Lipinski definition) is 5. The van der Waals surface area contributed by atoms with Gasteiger partial charge < -0.3 is 15.4 Å². The first-order valence-corrected chi connectivity index (χ1v) is 9.04. The number of halogens is 1. The Morgan fingerprint density at radius 2 is 1.63 bits per heavy atom. The third kappa shape index (κ3) is 4.89. The molecule has 0 unspecified atom stereocenters. The van der Waals surface area contributed by atoms with E-state index in [1.807, 2.05) is 12.1 Å². The fourth-order valence-corrected chi connectivity index (χ4v) is 2.82. The molecule has 0 amide bonds. The summed E-state index contributed by atoms with van der Waals surface area (Å²) in [4.78, 5) is 8.76. The van der Waals surface area contributed by atoms with E-state index in [0.29, 0.717) is 22.5 Å². The van der Waals surface area contributed by atoms with Gasteiger partial charge in [0.2, 0.25) is 5.95 Å². The number of nitrogens with one attached hydrogen (secondary N) is 2. The summed E-state index contributed by atoms with van der Waals surface area (Å²) in [7, 11) is 1.58. The predicted molar refractivity (Wildman–Crippen MR) is 112 cm³/mol. The van der Waals surface area contributed by atoms with Crippen molar-refractivity contribution in [2.45, 2.75) is 26.2 Å². The molecule has 6 heteroatoms. The Hall–Kier alpha value is -2.79. The second-order valence-electron chi connectivity index (χ2n) is 7.19. The SMILES string of the molecule is COc1ccc(Nc2nccc(Nc3ccc(C(C)(C)C)cc3)n2)cc1Cl. The number of methoxy groups -OCH3 is 1. The summed E-state index contributed by atoms with van der Waals surface area (Å²) in [6.07, 6.45) is 1.70. The van der Waals surface area contributed by atoms with Crippen LogP contribution in [0, 0.1) is 0 Å². The molecule has 1 aromatic heterocycles. The highest BCUT2D eigenvalue weighted by atomic mass is 35.5. The number of rotatable bonds is 5. The van der Waals surface area contributed by atoms with Gasteiger partial charge in [0.1, 0.15) is 11.6 Å². The topological polar surface area (TPSA) is 59.1 Å². The van der Waals surface area contributed by atoms with Gasteiger partial charge in [-0.25, -0.2) is 4.98 Å². The minimum atomic E-state index is 0.129. The highest BCUT2D eigenvalue weighted by Crippen LogP contribution is 2.28. The van der Waals surface area contributed by atoms with Gasteiger partial charge in [-0.1, -0.05) is 44.5 Å². The maximum atomic E-state index is 6.16. The molecule has 0 saturated heterocycles. The van der Waals surface area contributed by atoms with Crippen LogP contribution in [0.3, 0.4) is 0 Å². The summed E-state index contributed by atoms with van der Waals surface area (Å²) in [6, 6.07) is 15.6. The van der Waals surface area contributed by atoms with Crippen molar-refractivity contribution in [2.75, 3.05) is 17.7 Å². The zero-order valence-corrected chi connectivity index (χ0v) is 16.6. The van der Waals surface area contributed by atoms with Crippen LogP contribution in [0.25, 0.3) is 0 Å². The van der Waals surface area contributed by atoms with Crippen molar-refractivity contribution in [1.82, 2.24) is 9.97 Å². The van der Waals surface area contributed by atoms with Crippen molar-refractivity contribution in [3.8, 4) is 5.75 Å². The van der Waals surface area contributed by atoms with Crippen molar-refractivity contribution in [3.05, 3.63) is 65.3 Å². The van der Waals surface area contributed by atoms with Crippen LogP contribution in [0.5, 0.6) is 5.75 Å². The third-order valence-corrected chi connectivity index (χ3v) is 4.38. The summed E-state index contributed by atoms with van der Waals surface area (Å²) in [5.74, 6) is 1.81. The molecular formula is C21H23ClN4O. The predicted octanol–water partition coefficient (Wildman–Crippen LogP) is 5.92. The van der Waals surface area contributed by atoms with Crippen LogP contribution in [0.1, 0.15) is 26.3 Å². The number of hydrogen-bond donors (Lipinski definition) is 2. The first-order valence-electron chi connectivity index (χ1n) is 8.66. The fourth-order valence-electron chi connectivity index (χ4n) is 2.56. The van der Waals surface area contributed by atoms with Crippen molar-refractivity contribution in [3.63, 3.8) is 0 Å². The Bertz CT molecular complexity index is 920. The second kappa shape index (κ2) is 7.84. The second-order valence-corrected chi connectivity index (χ2v) is 7.60. The molecule has 0 saturated carbocycles. The molecule has 140 valence electrons. The summed E-state index contributed by atoms with van der Waals surface area (Å²) >= 11 is 6.16. The summed E-state index contributed by atoms with van der Waals surface area (Å²) < 4.78 is 5.16.